The molecular formula is C20H23N7O3S. The van der Waals surface area contributed by atoms with Crippen molar-refractivity contribution in [3.8, 4) is 0 Å². The highest BCUT2D eigenvalue weighted by Crippen LogP contribution is 2.28. The summed E-state index contributed by atoms with van der Waals surface area (Å²) in [6, 6.07) is 6.72. The number of anilines is 1. The number of carbonyl (C=O) groups is 1. The molecule has 0 saturated carbocycles. The van der Waals surface area contributed by atoms with Crippen molar-refractivity contribution < 1.29 is 9.72 Å². The Hall–Kier alpha value is -3.21. The highest BCUT2D eigenvalue weighted by Gasteiger charge is 2.26. The van der Waals surface area contributed by atoms with E-state index in [-0.39, 0.29) is 22.9 Å². The number of para-hydroxylation sites is 2. The smallest absolute Gasteiger partial charge is 0.292 e. The Morgan fingerprint density at radius 3 is 2.55 bits per heavy atom. The topological polar surface area (TPSA) is 110 Å². The zero-order valence-electron chi connectivity index (χ0n) is 17.6. The Morgan fingerprint density at radius 2 is 1.87 bits per heavy atom. The summed E-state index contributed by atoms with van der Waals surface area (Å²) in [5.41, 5.74) is 3.18. The number of piperazine rings is 1. The number of amides is 1. The van der Waals surface area contributed by atoms with Crippen LogP contribution in [0.1, 0.15) is 17.0 Å². The second-order valence-corrected chi connectivity index (χ2v) is 8.14. The van der Waals surface area contributed by atoms with Gasteiger partial charge in [-0.25, -0.2) is 9.50 Å². The lowest BCUT2D eigenvalue weighted by Crippen LogP contribution is -2.49. The fourth-order valence-corrected chi connectivity index (χ4v) is 4.21. The average Bonchev–Trinajstić information content (AvgIpc) is 3.20. The molecule has 0 radical (unpaired) electrons. The zero-order chi connectivity index (χ0) is 22.1. The van der Waals surface area contributed by atoms with Crippen LogP contribution in [0.4, 0.5) is 11.4 Å². The minimum Gasteiger partial charge on any atom is -0.362 e. The molecule has 3 aromatic rings. The summed E-state index contributed by atoms with van der Waals surface area (Å²) in [6.45, 7) is 5.93. The van der Waals surface area contributed by atoms with Crippen molar-refractivity contribution in [3.05, 3.63) is 51.3 Å². The van der Waals surface area contributed by atoms with Crippen LogP contribution < -0.4 is 4.90 Å². The van der Waals surface area contributed by atoms with Crippen molar-refractivity contribution in [1.29, 1.82) is 0 Å². The van der Waals surface area contributed by atoms with E-state index in [1.807, 2.05) is 29.9 Å². The number of carbonyl (C=O) groups excluding carboxylic acids is 1. The van der Waals surface area contributed by atoms with E-state index in [4.69, 9.17) is 0 Å². The van der Waals surface area contributed by atoms with Crippen LogP contribution in [0, 0.1) is 24.0 Å². The van der Waals surface area contributed by atoms with Crippen molar-refractivity contribution in [3.63, 3.8) is 0 Å². The first-order valence-electron chi connectivity index (χ1n) is 9.92. The predicted molar refractivity (Wildman–Crippen MR) is 118 cm³/mol. The number of aromatic nitrogens is 4. The number of rotatable bonds is 5. The van der Waals surface area contributed by atoms with Gasteiger partial charge >= 0.3 is 0 Å². The Morgan fingerprint density at radius 1 is 1.16 bits per heavy atom. The summed E-state index contributed by atoms with van der Waals surface area (Å²) in [4.78, 5) is 36.6. The fraction of sp³-hybridized carbons (Fsp3) is 0.400. The third kappa shape index (κ3) is 4.05. The van der Waals surface area contributed by atoms with Crippen molar-refractivity contribution in [2.24, 2.45) is 0 Å². The van der Waals surface area contributed by atoms with Crippen LogP contribution in [-0.4, -0.2) is 67.7 Å². The summed E-state index contributed by atoms with van der Waals surface area (Å²) < 4.78 is 1.69. The lowest BCUT2D eigenvalue weighted by Gasteiger charge is -2.36. The fourth-order valence-electron chi connectivity index (χ4n) is 3.88. The van der Waals surface area contributed by atoms with E-state index in [2.05, 4.69) is 15.1 Å². The normalized spacial score (nSPS) is 14.3. The Labute approximate surface area is 183 Å². The van der Waals surface area contributed by atoms with E-state index in [1.165, 1.54) is 17.8 Å². The first-order chi connectivity index (χ1) is 14.9. The summed E-state index contributed by atoms with van der Waals surface area (Å²) in [5, 5.41) is 16.4. The van der Waals surface area contributed by atoms with Crippen LogP contribution >= 0.6 is 11.8 Å². The molecule has 1 saturated heterocycles. The first kappa shape index (κ1) is 21.0. The van der Waals surface area contributed by atoms with Crippen LogP contribution in [0.15, 0.2) is 29.4 Å². The summed E-state index contributed by atoms with van der Waals surface area (Å²) in [6.07, 6.45) is 2.14. The monoisotopic (exact) mass is 441 g/mol. The third-order valence-corrected chi connectivity index (χ3v) is 6.13. The van der Waals surface area contributed by atoms with Gasteiger partial charge in [-0.15, -0.1) is 5.10 Å². The van der Waals surface area contributed by atoms with E-state index in [0.29, 0.717) is 42.8 Å². The van der Waals surface area contributed by atoms with E-state index in [0.717, 1.165) is 17.0 Å². The molecule has 1 amide bonds. The van der Waals surface area contributed by atoms with Gasteiger partial charge in [-0.1, -0.05) is 23.9 Å². The highest BCUT2D eigenvalue weighted by molar-refractivity contribution is 7.98. The number of benzene rings is 1. The predicted octanol–water partition coefficient (Wildman–Crippen LogP) is 2.26. The van der Waals surface area contributed by atoms with Gasteiger partial charge in [0.2, 0.25) is 11.1 Å². The van der Waals surface area contributed by atoms with Crippen molar-refractivity contribution >= 4 is 34.8 Å². The number of aryl methyl sites for hydroxylation is 2. The summed E-state index contributed by atoms with van der Waals surface area (Å²) >= 11 is 1.45. The number of hydrogen-bond donors (Lipinski definition) is 0. The molecule has 1 fully saturated rings. The molecule has 0 unspecified atom stereocenters. The van der Waals surface area contributed by atoms with Gasteiger partial charge in [-0.2, -0.15) is 4.98 Å². The van der Waals surface area contributed by atoms with Gasteiger partial charge in [0, 0.05) is 49.2 Å². The van der Waals surface area contributed by atoms with Gasteiger partial charge < -0.3 is 9.80 Å². The van der Waals surface area contributed by atoms with Crippen molar-refractivity contribution in [1.82, 2.24) is 24.5 Å². The standard InChI is InChI=1S/C20H23N7O3S/c1-13-15(14(2)26-19(21-13)22-20(23-26)31-3)12-18(28)25-10-8-24(9-11-25)16-6-4-5-7-17(16)27(29)30/h4-7H,8-12H2,1-3H3. The zero-order valence-corrected chi connectivity index (χ0v) is 18.4. The molecule has 10 nitrogen and oxygen atoms in total. The summed E-state index contributed by atoms with van der Waals surface area (Å²) in [5.74, 6) is 0.549. The van der Waals surface area contributed by atoms with Gasteiger partial charge in [0.15, 0.2) is 0 Å². The van der Waals surface area contributed by atoms with Crippen LogP contribution in [0.5, 0.6) is 0 Å². The molecule has 2 aromatic heterocycles. The van der Waals surface area contributed by atoms with Crippen molar-refractivity contribution in [2.75, 3.05) is 37.3 Å². The molecule has 1 aliphatic rings. The number of nitrogens with zero attached hydrogens (tertiary/aromatic N) is 7. The van der Waals surface area contributed by atoms with Crippen molar-refractivity contribution in [2.45, 2.75) is 25.4 Å². The number of hydrogen-bond acceptors (Lipinski definition) is 8. The number of nitro groups is 1. The molecule has 0 atom stereocenters. The van der Waals surface area contributed by atoms with Crippen LogP contribution in [0.2, 0.25) is 0 Å². The van der Waals surface area contributed by atoms with Gasteiger partial charge in [-0.05, 0) is 26.2 Å². The average molecular weight is 442 g/mol. The SMILES string of the molecule is CSc1nc2nc(C)c(CC(=O)N3CCN(c4ccccc4[N+](=O)[O-])CC3)c(C)n2n1. The van der Waals surface area contributed by atoms with E-state index < -0.39 is 0 Å². The second-order valence-electron chi connectivity index (χ2n) is 7.36. The minimum atomic E-state index is -0.367. The van der Waals surface area contributed by atoms with E-state index >= 15 is 0 Å². The number of thioether (sulfide) groups is 1. The molecule has 1 aliphatic heterocycles. The van der Waals surface area contributed by atoms with Crippen LogP contribution in [0.3, 0.4) is 0 Å². The maximum absolute atomic E-state index is 13.0. The molecule has 3 heterocycles. The summed E-state index contributed by atoms with van der Waals surface area (Å²) in [7, 11) is 0. The molecular weight excluding hydrogens is 418 g/mol. The van der Waals surface area contributed by atoms with Crippen LogP contribution in [0.25, 0.3) is 5.78 Å². The number of nitro benzene ring substituents is 1. The van der Waals surface area contributed by atoms with Gasteiger partial charge in [-0.3, -0.25) is 14.9 Å². The molecule has 162 valence electrons. The quantitative estimate of drug-likeness (QED) is 0.337. The molecule has 0 spiro atoms. The molecule has 4 rings (SSSR count). The van der Waals surface area contributed by atoms with Gasteiger partial charge in [0.25, 0.3) is 11.5 Å². The lowest BCUT2D eigenvalue weighted by molar-refractivity contribution is -0.384. The maximum Gasteiger partial charge on any atom is 0.292 e. The second kappa shape index (κ2) is 8.50. The highest BCUT2D eigenvalue weighted by atomic mass is 32.2. The van der Waals surface area contributed by atoms with E-state index in [9.17, 15) is 14.9 Å². The Kier molecular flexibility index (Phi) is 5.77. The molecule has 0 N–H and O–H groups in total. The Bertz CT molecular complexity index is 1160. The molecule has 31 heavy (non-hydrogen) atoms. The van der Waals surface area contributed by atoms with Gasteiger partial charge in [0.05, 0.1) is 11.3 Å². The molecule has 11 heteroatoms. The first-order valence-corrected chi connectivity index (χ1v) is 11.1. The van der Waals surface area contributed by atoms with E-state index in [1.54, 1.807) is 22.7 Å². The number of fused-ring (bicyclic) bond motifs is 1. The largest absolute Gasteiger partial charge is 0.362 e. The minimum absolute atomic E-state index is 0.0137. The third-order valence-electron chi connectivity index (χ3n) is 5.59. The van der Waals surface area contributed by atoms with Crippen LogP contribution in [-0.2, 0) is 11.2 Å². The molecule has 1 aromatic carbocycles. The van der Waals surface area contributed by atoms with Gasteiger partial charge in [0.1, 0.15) is 5.69 Å². The molecule has 0 aliphatic carbocycles. The Balaban J connectivity index is 1.47. The molecule has 0 bridgehead atoms. The maximum atomic E-state index is 13.0. The lowest BCUT2D eigenvalue weighted by atomic mass is 10.1.